The quantitative estimate of drug-likeness (QED) is 0.505. The molecule has 138 valence electrons. The van der Waals surface area contributed by atoms with Gasteiger partial charge in [0.05, 0.1) is 0 Å². The molecule has 0 heterocycles. The van der Waals surface area contributed by atoms with E-state index in [0.717, 1.165) is 0 Å². The highest BCUT2D eigenvalue weighted by Crippen LogP contribution is 2.72. The first-order chi connectivity index (χ1) is 9.69. The second-order valence-electron chi connectivity index (χ2n) is 4.28. The second-order valence-corrected chi connectivity index (χ2v) is 5.32. The molecule has 0 aromatic carbocycles. The Morgan fingerprint density at radius 2 is 0.913 bits per heavy atom. The highest BCUT2D eigenvalue weighted by Gasteiger charge is 3.05. The average molecular weight is 395 g/mol. The lowest BCUT2D eigenvalue weighted by molar-refractivity contribution is -0.484. The molecule has 0 radical (unpaired) electrons. The van der Waals surface area contributed by atoms with Crippen LogP contribution < -0.4 is 0 Å². The summed E-state index contributed by atoms with van der Waals surface area (Å²) in [6, 6.07) is 0. The van der Waals surface area contributed by atoms with Gasteiger partial charge in [-0.15, -0.1) is 0 Å². The highest BCUT2D eigenvalue weighted by molar-refractivity contribution is 7.80. The monoisotopic (exact) mass is 395 g/mol. The van der Waals surface area contributed by atoms with Crippen LogP contribution in [0.15, 0.2) is 0 Å². The molecule has 2 nitrogen and oxygen atoms in total. The maximum absolute atomic E-state index is 13.4. The molecule has 0 N–H and O–H groups in total. The first kappa shape index (κ1) is 20.2. The summed E-state index contributed by atoms with van der Waals surface area (Å²) in [7, 11) is 0. The Hall–Kier alpha value is -0.800. The molecule has 1 aliphatic carbocycles. The van der Waals surface area contributed by atoms with Gasteiger partial charge in [0.25, 0.3) is 0 Å². The SMILES string of the molecule is O=S([O-])C1(F)C(F)(F)C(F)(F)C(F)(C(F)(F)F)C(F)(F)C1(F)F. The molecule has 1 saturated carbocycles. The van der Waals surface area contributed by atoms with E-state index in [2.05, 4.69) is 0 Å². The molecule has 0 aromatic heterocycles. The van der Waals surface area contributed by atoms with Crippen LogP contribution in [0.2, 0.25) is 0 Å². The molecule has 16 heteroatoms. The third-order valence-corrected chi connectivity index (χ3v) is 4.05. The summed E-state index contributed by atoms with van der Waals surface area (Å²) in [6.07, 6.45) is -7.75. The minimum atomic E-state index is -7.96. The van der Waals surface area contributed by atoms with Crippen LogP contribution in [0.25, 0.3) is 0 Å². The minimum Gasteiger partial charge on any atom is -0.770 e. The van der Waals surface area contributed by atoms with E-state index in [-0.39, 0.29) is 0 Å². The molecule has 0 aromatic rings. The highest BCUT2D eigenvalue weighted by atomic mass is 32.2. The van der Waals surface area contributed by atoms with Gasteiger partial charge < -0.3 is 4.55 Å². The number of hydrogen-bond donors (Lipinski definition) is 0. The molecule has 0 aliphatic heterocycles. The van der Waals surface area contributed by atoms with E-state index >= 15 is 0 Å². The van der Waals surface area contributed by atoms with Crippen LogP contribution >= 0.6 is 0 Å². The average Bonchev–Trinajstić information content (AvgIpc) is 2.32. The topological polar surface area (TPSA) is 40.1 Å². The lowest BCUT2D eigenvalue weighted by Gasteiger charge is -2.55. The molecule has 1 fully saturated rings. The van der Waals surface area contributed by atoms with E-state index < -0.39 is 51.6 Å². The van der Waals surface area contributed by atoms with E-state index in [9.17, 15) is 65.8 Å². The Kier molecular flexibility index (Phi) is 3.90. The number of halogens is 13. The van der Waals surface area contributed by atoms with Crippen LogP contribution in [0.3, 0.4) is 0 Å². The summed E-state index contributed by atoms with van der Waals surface area (Å²) >= 11 is -5.82. The Bertz CT molecular complexity index is 509. The van der Waals surface area contributed by atoms with Crippen molar-refractivity contribution in [2.45, 2.75) is 40.5 Å². The third kappa shape index (κ3) is 1.68. The van der Waals surface area contributed by atoms with Gasteiger partial charge in [-0.05, 0) is 11.1 Å². The molecule has 23 heavy (non-hydrogen) atoms. The Labute approximate surface area is 118 Å². The standard InChI is InChI=1S/C7HF13O2S/c8-1(7(18,19)20)2(9,10)4(13,14)6(17,23(21)22)5(15,16)3(1,11)12/h(H,21,22)/p-1. The maximum atomic E-state index is 13.4. The molecule has 0 saturated heterocycles. The van der Waals surface area contributed by atoms with E-state index in [1.807, 2.05) is 0 Å². The van der Waals surface area contributed by atoms with Crippen molar-refractivity contribution in [1.82, 2.24) is 0 Å². The molecule has 1 aliphatic rings. The van der Waals surface area contributed by atoms with E-state index in [4.69, 9.17) is 0 Å². The molecule has 0 amide bonds. The molecule has 0 bridgehead atoms. The number of hydrogen-bond acceptors (Lipinski definition) is 2. The van der Waals surface area contributed by atoms with Crippen molar-refractivity contribution >= 4 is 11.1 Å². The Balaban J connectivity index is 4.06. The normalized spacial score (nSPS) is 39.7. The van der Waals surface area contributed by atoms with E-state index in [0.29, 0.717) is 0 Å². The first-order valence-corrected chi connectivity index (χ1v) is 5.82. The van der Waals surface area contributed by atoms with Gasteiger partial charge in [0.15, 0.2) is 0 Å². The smallest absolute Gasteiger partial charge is 0.435 e. The van der Waals surface area contributed by atoms with Crippen molar-refractivity contribution in [2.75, 3.05) is 0 Å². The zero-order valence-electron chi connectivity index (χ0n) is 9.64. The largest absolute Gasteiger partial charge is 0.770 e. The van der Waals surface area contributed by atoms with Gasteiger partial charge >= 0.3 is 40.5 Å². The van der Waals surface area contributed by atoms with Gasteiger partial charge in [0.2, 0.25) is 0 Å². The van der Waals surface area contributed by atoms with Crippen molar-refractivity contribution in [3.63, 3.8) is 0 Å². The van der Waals surface area contributed by atoms with Gasteiger partial charge in [-0.25, -0.2) is 8.78 Å². The molecular weight excluding hydrogens is 395 g/mol. The van der Waals surface area contributed by atoms with Crippen molar-refractivity contribution < 1.29 is 65.8 Å². The van der Waals surface area contributed by atoms with Gasteiger partial charge in [0, 0.05) is 0 Å². The van der Waals surface area contributed by atoms with Crippen LogP contribution in [0.1, 0.15) is 0 Å². The van der Waals surface area contributed by atoms with Gasteiger partial charge in [0.1, 0.15) is 0 Å². The van der Waals surface area contributed by atoms with Gasteiger partial charge in [-0.3, -0.25) is 4.21 Å². The summed E-state index contributed by atoms with van der Waals surface area (Å²) in [6.45, 7) is 0. The first-order valence-electron chi connectivity index (χ1n) is 4.74. The molecule has 0 spiro atoms. The molecular formula is C7F13O2S-. The van der Waals surface area contributed by atoms with Crippen molar-refractivity contribution in [3.8, 4) is 0 Å². The van der Waals surface area contributed by atoms with Crippen molar-refractivity contribution in [3.05, 3.63) is 0 Å². The fourth-order valence-corrected chi connectivity index (χ4v) is 2.47. The zero-order chi connectivity index (χ0) is 19.1. The summed E-state index contributed by atoms with van der Waals surface area (Å²) in [4.78, 5) is 0. The fourth-order valence-electron chi connectivity index (χ4n) is 1.80. The van der Waals surface area contributed by atoms with Crippen LogP contribution in [0.5, 0.6) is 0 Å². The fraction of sp³-hybridized carbons (Fsp3) is 1.00. The predicted molar refractivity (Wildman–Crippen MR) is 42.4 cm³/mol. The summed E-state index contributed by atoms with van der Waals surface area (Å²) in [5, 5.41) is -7.23. The second kappa shape index (κ2) is 4.43. The van der Waals surface area contributed by atoms with Gasteiger partial charge in [-0.1, -0.05) is 0 Å². The van der Waals surface area contributed by atoms with Crippen molar-refractivity contribution in [1.29, 1.82) is 0 Å². The zero-order valence-corrected chi connectivity index (χ0v) is 10.5. The van der Waals surface area contributed by atoms with Crippen molar-refractivity contribution in [2.24, 2.45) is 0 Å². The molecule has 1 atom stereocenters. The molecule has 1 unspecified atom stereocenters. The van der Waals surface area contributed by atoms with Gasteiger partial charge in [-0.2, -0.15) is 48.3 Å². The predicted octanol–water partition coefficient (Wildman–Crippen LogP) is 3.36. The Morgan fingerprint density at radius 3 is 1.09 bits per heavy atom. The summed E-state index contributed by atoms with van der Waals surface area (Å²) < 4.78 is 188. The molecule has 1 rings (SSSR count). The lowest BCUT2D eigenvalue weighted by Crippen LogP contribution is -2.88. The minimum absolute atomic E-state index is 5.82. The van der Waals surface area contributed by atoms with Crippen LogP contribution in [-0.4, -0.2) is 49.3 Å². The number of rotatable bonds is 1. The van der Waals surface area contributed by atoms with Crippen LogP contribution in [-0.2, 0) is 11.1 Å². The van der Waals surface area contributed by atoms with E-state index in [1.165, 1.54) is 0 Å². The van der Waals surface area contributed by atoms with E-state index in [1.54, 1.807) is 0 Å². The lowest BCUT2D eigenvalue weighted by atomic mass is 9.72. The third-order valence-electron chi connectivity index (χ3n) is 3.08. The number of alkyl halides is 13. The van der Waals surface area contributed by atoms with Crippen LogP contribution in [0, 0.1) is 0 Å². The Morgan fingerprint density at radius 1 is 0.652 bits per heavy atom. The van der Waals surface area contributed by atoms with Crippen LogP contribution in [0.4, 0.5) is 57.1 Å². The maximum Gasteiger partial charge on any atom is 0.435 e. The summed E-state index contributed by atoms with van der Waals surface area (Å²) in [5.41, 5.74) is -7.96. The summed E-state index contributed by atoms with van der Waals surface area (Å²) in [5.74, 6) is -31.2.